The van der Waals surface area contributed by atoms with Crippen molar-refractivity contribution in [3.05, 3.63) is 29.8 Å². The van der Waals surface area contributed by atoms with Crippen LogP contribution in [0.25, 0.3) is 0 Å². The number of carboxylic acids is 1. The number of Topliss-reactive ketones (excluding diaryl/α,β-unsaturated/α-hetero) is 1. The van der Waals surface area contributed by atoms with Gasteiger partial charge < -0.3 is 9.84 Å². The second-order valence-electron chi connectivity index (χ2n) is 4.33. The van der Waals surface area contributed by atoms with Crippen molar-refractivity contribution in [2.75, 3.05) is 7.11 Å². The summed E-state index contributed by atoms with van der Waals surface area (Å²) in [7, 11) is 1.53. The zero-order valence-electron chi connectivity index (χ0n) is 9.60. The second-order valence-corrected chi connectivity index (χ2v) is 4.33. The summed E-state index contributed by atoms with van der Waals surface area (Å²) >= 11 is 0. The van der Waals surface area contributed by atoms with Gasteiger partial charge in [0.15, 0.2) is 0 Å². The van der Waals surface area contributed by atoms with Crippen LogP contribution in [0, 0.1) is 0 Å². The standard InChI is InChI=1S/C13H14O4/c1-17-11-4-2-3-9(7-11)13(12(15)16)6-5-10(14)8-13/h2-4,7H,5-6,8H2,1H3,(H,15,16). The molecule has 0 aliphatic heterocycles. The summed E-state index contributed by atoms with van der Waals surface area (Å²) in [6.45, 7) is 0. The topological polar surface area (TPSA) is 63.6 Å². The van der Waals surface area contributed by atoms with E-state index >= 15 is 0 Å². The largest absolute Gasteiger partial charge is 0.497 e. The number of ketones is 1. The fourth-order valence-corrected chi connectivity index (χ4v) is 2.34. The van der Waals surface area contributed by atoms with Crippen LogP contribution in [0.3, 0.4) is 0 Å². The molecule has 1 fully saturated rings. The van der Waals surface area contributed by atoms with Gasteiger partial charge in [0.2, 0.25) is 0 Å². The van der Waals surface area contributed by atoms with Crippen molar-refractivity contribution in [3.8, 4) is 5.75 Å². The van der Waals surface area contributed by atoms with E-state index in [9.17, 15) is 14.7 Å². The lowest BCUT2D eigenvalue weighted by molar-refractivity contribution is -0.144. The van der Waals surface area contributed by atoms with E-state index in [-0.39, 0.29) is 12.2 Å². The van der Waals surface area contributed by atoms with E-state index in [0.717, 1.165) is 0 Å². The normalized spacial score (nSPS) is 23.7. The molecule has 1 aliphatic rings. The molecule has 0 amide bonds. The summed E-state index contributed by atoms with van der Waals surface area (Å²) in [6, 6.07) is 6.96. The molecule has 1 saturated carbocycles. The average Bonchev–Trinajstić information content (AvgIpc) is 2.73. The van der Waals surface area contributed by atoms with Gasteiger partial charge in [0, 0.05) is 12.8 Å². The van der Waals surface area contributed by atoms with Gasteiger partial charge in [-0.3, -0.25) is 9.59 Å². The minimum atomic E-state index is -1.06. The molecule has 17 heavy (non-hydrogen) atoms. The number of rotatable bonds is 3. The highest BCUT2D eigenvalue weighted by atomic mass is 16.5. The molecule has 1 aliphatic carbocycles. The molecule has 1 aromatic rings. The van der Waals surface area contributed by atoms with Crippen LogP contribution in [0.2, 0.25) is 0 Å². The predicted octanol–water partition coefficient (Wildman–Crippen LogP) is 1.77. The van der Waals surface area contributed by atoms with Gasteiger partial charge in [-0.1, -0.05) is 12.1 Å². The Morgan fingerprint density at radius 1 is 1.47 bits per heavy atom. The van der Waals surface area contributed by atoms with Gasteiger partial charge in [0.05, 0.1) is 7.11 Å². The smallest absolute Gasteiger partial charge is 0.314 e. The molecule has 90 valence electrons. The molecule has 1 N–H and O–H groups in total. The van der Waals surface area contributed by atoms with E-state index in [4.69, 9.17) is 4.74 Å². The van der Waals surface area contributed by atoms with Gasteiger partial charge in [0.25, 0.3) is 0 Å². The molecule has 0 saturated heterocycles. The zero-order chi connectivity index (χ0) is 12.5. The quantitative estimate of drug-likeness (QED) is 0.865. The second kappa shape index (κ2) is 4.20. The first kappa shape index (κ1) is 11.6. The Labute approximate surface area is 99.2 Å². The van der Waals surface area contributed by atoms with Crippen molar-refractivity contribution in [1.82, 2.24) is 0 Å². The van der Waals surface area contributed by atoms with Crippen LogP contribution in [0.15, 0.2) is 24.3 Å². The minimum Gasteiger partial charge on any atom is -0.497 e. The van der Waals surface area contributed by atoms with Crippen molar-refractivity contribution in [2.45, 2.75) is 24.7 Å². The van der Waals surface area contributed by atoms with Crippen LogP contribution < -0.4 is 4.74 Å². The first-order valence-corrected chi connectivity index (χ1v) is 5.48. The Kier molecular flexibility index (Phi) is 2.88. The molecular formula is C13H14O4. The van der Waals surface area contributed by atoms with Crippen LogP contribution in [-0.4, -0.2) is 24.0 Å². The third-order valence-corrected chi connectivity index (χ3v) is 3.36. The highest BCUT2D eigenvalue weighted by Crippen LogP contribution is 2.40. The summed E-state index contributed by atoms with van der Waals surface area (Å²) in [5, 5.41) is 9.41. The number of carboxylic acid groups (broad SMARTS) is 1. The molecule has 0 bridgehead atoms. The number of hydrogen-bond donors (Lipinski definition) is 1. The maximum atomic E-state index is 11.5. The predicted molar refractivity (Wildman–Crippen MR) is 61.2 cm³/mol. The molecular weight excluding hydrogens is 220 g/mol. The number of methoxy groups -OCH3 is 1. The van der Waals surface area contributed by atoms with Crippen molar-refractivity contribution < 1.29 is 19.4 Å². The van der Waals surface area contributed by atoms with Crippen molar-refractivity contribution in [3.63, 3.8) is 0 Å². The summed E-state index contributed by atoms with van der Waals surface area (Å²) in [4.78, 5) is 22.9. The van der Waals surface area contributed by atoms with E-state index in [1.165, 1.54) is 7.11 Å². The van der Waals surface area contributed by atoms with Crippen LogP contribution >= 0.6 is 0 Å². The summed E-state index contributed by atoms with van der Waals surface area (Å²) < 4.78 is 5.09. The molecule has 0 spiro atoms. The molecule has 1 aromatic carbocycles. The van der Waals surface area contributed by atoms with Crippen LogP contribution in [0.1, 0.15) is 24.8 Å². The highest BCUT2D eigenvalue weighted by Gasteiger charge is 2.46. The van der Waals surface area contributed by atoms with Crippen molar-refractivity contribution in [2.24, 2.45) is 0 Å². The van der Waals surface area contributed by atoms with Crippen LogP contribution in [-0.2, 0) is 15.0 Å². The number of carbonyl (C=O) groups is 2. The molecule has 1 atom stereocenters. The van der Waals surface area contributed by atoms with Gasteiger partial charge in [-0.15, -0.1) is 0 Å². The third kappa shape index (κ3) is 1.90. The van der Waals surface area contributed by atoms with Crippen molar-refractivity contribution in [1.29, 1.82) is 0 Å². The summed E-state index contributed by atoms with van der Waals surface area (Å²) in [6.07, 6.45) is 0.785. The van der Waals surface area contributed by atoms with Crippen LogP contribution in [0.4, 0.5) is 0 Å². The fraction of sp³-hybridized carbons (Fsp3) is 0.385. The van der Waals surface area contributed by atoms with Crippen molar-refractivity contribution >= 4 is 11.8 Å². The van der Waals surface area contributed by atoms with Crippen LogP contribution in [0.5, 0.6) is 5.75 Å². The lowest BCUT2D eigenvalue weighted by Crippen LogP contribution is -2.33. The Hall–Kier alpha value is -1.84. The van der Waals surface area contributed by atoms with E-state index < -0.39 is 11.4 Å². The van der Waals surface area contributed by atoms with Gasteiger partial charge in [0.1, 0.15) is 16.9 Å². The lowest BCUT2D eigenvalue weighted by atomic mass is 9.79. The number of aliphatic carboxylic acids is 1. The number of benzene rings is 1. The van der Waals surface area contributed by atoms with E-state index in [0.29, 0.717) is 24.2 Å². The molecule has 1 unspecified atom stereocenters. The SMILES string of the molecule is COc1cccc(C2(C(=O)O)CCC(=O)C2)c1. The first-order chi connectivity index (χ1) is 8.08. The molecule has 4 heteroatoms. The maximum Gasteiger partial charge on any atom is 0.314 e. The first-order valence-electron chi connectivity index (χ1n) is 5.48. The Morgan fingerprint density at radius 3 is 2.76 bits per heavy atom. The maximum absolute atomic E-state index is 11.5. The molecule has 2 rings (SSSR count). The average molecular weight is 234 g/mol. The Balaban J connectivity index is 2.46. The number of hydrogen-bond acceptors (Lipinski definition) is 3. The third-order valence-electron chi connectivity index (χ3n) is 3.36. The summed E-state index contributed by atoms with van der Waals surface area (Å²) in [5.74, 6) is -0.311. The van der Waals surface area contributed by atoms with Gasteiger partial charge in [-0.2, -0.15) is 0 Å². The summed E-state index contributed by atoms with van der Waals surface area (Å²) in [5.41, 5.74) is -0.416. The lowest BCUT2D eigenvalue weighted by Gasteiger charge is -2.23. The molecule has 0 heterocycles. The van der Waals surface area contributed by atoms with Gasteiger partial charge in [-0.05, 0) is 24.1 Å². The van der Waals surface area contributed by atoms with Gasteiger partial charge >= 0.3 is 5.97 Å². The Morgan fingerprint density at radius 2 is 2.24 bits per heavy atom. The number of carbonyl (C=O) groups excluding carboxylic acids is 1. The molecule has 0 radical (unpaired) electrons. The highest BCUT2D eigenvalue weighted by molar-refractivity contribution is 5.94. The van der Waals surface area contributed by atoms with E-state index in [1.54, 1.807) is 24.3 Å². The fourth-order valence-electron chi connectivity index (χ4n) is 2.34. The molecule has 4 nitrogen and oxygen atoms in total. The van der Waals surface area contributed by atoms with Gasteiger partial charge in [-0.25, -0.2) is 0 Å². The monoisotopic (exact) mass is 234 g/mol. The van der Waals surface area contributed by atoms with E-state index in [1.807, 2.05) is 0 Å². The zero-order valence-corrected chi connectivity index (χ0v) is 9.60. The minimum absolute atomic E-state index is 0.00946. The number of ether oxygens (including phenoxy) is 1. The molecule has 0 aromatic heterocycles. The van der Waals surface area contributed by atoms with E-state index in [2.05, 4.69) is 0 Å². The Bertz CT molecular complexity index is 466.